The molecule has 9 heteroatoms. The molecule has 0 unspecified atom stereocenters. The van der Waals surface area contributed by atoms with Gasteiger partial charge in [0.15, 0.2) is 5.69 Å². The minimum absolute atomic E-state index is 0.145. The van der Waals surface area contributed by atoms with Gasteiger partial charge in [-0.3, -0.25) is 14.4 Å². The molecule has 2 aliphatic rings. The zero-order chi connectivity index (χ0) is 21.3. The summed E-state index contributed by atoms with van der Waals surface area (Å²) in [4.78, 5) is 40.2. The van der Waals surface area contributed by atoms with E-state index in [0.717, 1.165) is 24.1 Å². The Bertz CT molecular complexity index is 974. The molecule has 0 bridgehead atoms. The molecule has 2 aromatic rings. The fourth-order valence-corrected chi connectivity index (χ4v) is 3.44. The molecular formula is C21H25N5O4. The normalized spacial score (nSPS) is 16.3. The maximum Gasteiger partial charge on any atom is 0.312 e. The van der Waals surface area contributed by atoms with Gasteiger partial charge in [0.25, 0.3) is 5.91 Å². The van der Waals surface area contributed by atoms with Gasteiger partial charge < -0.3 is 19.9 Å². The van der Waals surface area contributed by atoms with Gasteiger partial charge in [0.05, 0.1) is 7.11 Å². The van der Waals surface area contributed by atoms with Crippen LogP contribution in [0.5, 0.6) is 5.75 Å². The van der Waals surface area contributed by atoms with Crippen molar-refractivity contribution in [2.75, 3.05) is 33.3 Å². The van der Waals surface area contributed by atoms with Gasteiger partial charge in [-0.1, -0.05) is 6.07 Å². The Morgan fingerprint density at radius 2 is 1.77 bits per heavy atom. The molecule has 158 valence electrons. The lowest BCUT2D eigenvalue weighted by molar-refractivity contribution is -0.146. The third-order valence-corrected chi connectivity index (χ3v) is 5.35. The lowest BCUT2D eigenvalue weighted by atomic mass is 10.2. The number of rotatable bonds is 4. The number of carbonyl (C=O) groups excluding carboxylic acids is 3. The van der Waals surface area contributed by atoms with Crippen LogP contribution >= 0.6 is 0 Å². The summed E-state index contributed by atoms with van der Waals surface area (Å²) in [7, 11) is 1.59. The van der Waals surface area contributed by atoms with Gasteiger partial charge in [0, 0.05) is 38.4 Å². The smallest absolute Gasteiger partial charge is 0.312 e. The van der Waals surface area contributed by atoms with E-state index in [1.807, 2.05) is 25.1 Å². The van der Waals surface area contributed by atoms with Crippen LogP contribution in [0.1, 0.15) is 28.9 Å². The van der Waals surface area contributed by atoms with E-state index in [1.54, 1.807) is 29.0 Å². The van der Waals surface area contributed by atoms with Crippen molar-refractivity contribution in [3.05, 3.63) is 41.7 Å². The Kier molecular flexibility index (Phi) is 5.43. The van der Waals surface area contributed by atoms with Crippen LogP contribution in [0, 0.1) is 6.92 Å². The highest BCUT2D eigenvalue weighted by molar-refractivity contribution is 6.35. The third kappa shape index (κ3) is 4.14. The van der Waals surface area contributed by atoms with Crippen LogP contribution in [0.15, 0.2) is 30.5 Å². The zero-order valence-corrected chi connectivity index (χ0v) is 17.1. The quantitative estimate of drug-likeness (QED) is 0.749. The number of carbonyl (C=O) groups is 3. The summed E-state index contributed by atoms with van der Waals surface area (Å²) in [6.07, 6.45) is 3.59. The molecule has 1 N–H and O–H groups in total. The Hall–Kier alpha value is -3.36. The summed E-state index contributed by atoms with van der Waals surface area (Å²) >= 11 is 0. The molecule has 4 rings (SSSR count). The SMILES string of the molecule is COc1ccc(C)cc1-n1ccc(C(=O)N2CCN(C(=O)C(=O)NC3CC3)CC2)n1. The van der Waals surface area contributed by atoms with E-state index < -0.39 is 11.8 Å². The topological polar surface area (TPSA) is 96.8 Å². The molecule has 1 saturated carbocycles. The highest BCUT2D eigenvalue weighted by Crippen LogP contribution is 2.24. The van der Waals surface area contributed by atoms with E-state index in [0.29, 0.717) is 37.6 Å². The summed E-state index contributed by atoms with van der Waals surface area (Å²) in [6, 6.07) is 7.57. The first-order valence-electron chi connectivity index (χ1n) is 10.1. The van der Waals surface area contributed by atoms with Crippen molar-refractivity contribution in [1.29, 1.82) is 0 Å². The van der Waals surface area contributed by atoms with E-state index in [4.69, 9.17) is 4.74 Å². The van der Waals surface area contributed by atoms with Gasteiger partial charge in [0.1, 0.15) is 11.4 Å². The molecule has 30 heavy (non-hydrogen) atoms. The number of ether oxygens (including phenoxy) is 1. The highest BCUT2D eigenvalue weighted by atomic mass is 16.5. The number of aromatic nitrogens is 2. The standard InChI is InChI=1S/C21H25N5O4/c1-14-3-6-18(30-2)17(13-14)26-8-7-16(23-26)20(28)24-9-11-25(12-10-24)21(29)19(27)22-15-4-5-15/h3,6-8,13,15H,4-5,9-12H2,1-2H3,(H,22,27). The summed E-state index contributed by atoms with van der Waals surface area (Å²) < 4.78 is 7.02. The molecule has 1 aromatic heterocycles. The molecule has 2 heterocycles. The molecule has 1 aliphatic carbocycles. The maximum absolute atomic E-state index is 12.9. The molecule has 2 fully saturated rings. The molecule has 0 radical (unpaired) electrons. The largest absolute Gasteiger partial charge is 0.494 e. The van der Waals surface area contributed by atoms with Crippen LogP contribution in [-0.4, -0.2) is 76.6 Å². The fraction of sp³-hybridized carbons (Fsp3) is 0.429. The van der Waals surface area contributed by atoms with Gasteiger partial charge >= 0.3 is 11.8 Å². The minimum atomic E-state index is -0.553. The number of methoxy groups -OCH3 is 1. The lowest BCUT2D eigenvalue weighted by Crippen LogP contribution is -2.54. The average molecular weight is 411 g/mol. The van der Waals surface area contributed by atoms with Crippen molar-refractivity contribution in [2.24, 2.45) is 0 Å². The van der Waals surface area contributed by atoms with E-state index in [-0.39, 0.29) is 11.9 Å². The third-order valence-electron chi connectivity index (χ3n) is 5.35. The Morgan fingerprint density at radius 3 is 2.43 bits per heavy atom. The second kappa shape index (κ2) is 8.17. The van der Waals surface area contributed by atoms with Crippen molar-refractivity contribution in [2.45, 2.75) is 25.8 Å². The molecule has 9 nitrogen and oxygen atoms in total. The number of amides is 3. The van der Waals surface area contributed by atoms with Gasteiger partial charge in [-0.05, 0) is 43.5 Å². The summed E-state index contributed by atoms with van der Waals surface area (Å²) in [5.74, 6) is -0.609. The van der Waals surface area contributed by atoms with Gasteiger partial charge in [-0.2, -0.15) is 5.10 Å². The first-order chi connectivity index (χ1) is 14.5. The molecule has 3 amide bonds. The number of hydrogen-bond acceptors (Lipinski definition) is 5. The molecule has 0 atom stereocenters. The molecule has 1 aliphatic heterocycles. The van der Waals surface area contributed by atoms with Crippen LogP contribution in [0.3, 0.4) is 0 Å². The van der Waals surface area contributed by atoms with Crippen LogP contribution in [-0.2, 0) is 9.59 Å². The Morgan fingerprint density at radius 1 is 1.07 bits per heavy atom. The van der Waals surface area contributed by atoms with Crippen molar-refractivity contribution < 1.29 is 19.1 Å². The first-order valence-corrected chi connectivity index (χ1v) is 10.1. The summed E-state index contributed by atoms with van der Waals surface area (Å²) in [6.45, 7) is 3.36. The lowest BCUT2D eigenvalue weighted by Gasteiger charge is -2.34. The molecular weight excluding hydrogens is 386 g/mol. The number of nitrogens with zero attached hydrogens (tertiary/aromatic N) is 4. The van der Waals surface area contributed by atoms with Gasteiger partial charge in [-0.15, -0.1) is 0 Å². The second-order valence-electron chi connectivity index (χ2n) is 7.65. The Balaban J connectivity index is 1.39. The summed E-state index contributed by atoms with van der Waals surface area (Å²) in [5, 5.41) is 7.14. The van der Waals surface area contributed by atoms with Gasteiger partial charge in [0.2, 0.25) is 0 Å². The summed E-state index contributed by atoms with van der Waals surface area (Å²) in [5.41, 5.74) is 2.14. The number of piperazine rings is 1. The first kappa shape index (κ1) is 19.9. The molecule has 1 saturated heterocycles. The monoisotopic (exact) mass is 411 g/mol. The number of nitrogens with one attached hydrogen (secondary N) is 1. The molecule has 1 aromatic carbocycles. The Labute approximate surface area is 174 Å². The number of hydrogen-bond donors (Lipinski definition) is 1. The van der Waals surface area contributed by atoms with E-state index in [2.05, 4.69) is 10.4 Å². The predicted molar refractivity (Wildman–Crippen MR) is 109 cm³/mol. The van der Waals surface area contributed by atoms with Crippen LogP contribution < -0.4 is 10.1 Å². The van der Waals surface area contributed by atoms with Crippen molar-refractivity contribution in [1.82, 2.24) is 24.9 Å². The van der Waals surface area contributed by atoms with Crippen molar-refractivity contribution >= 4 is 17.7 Å². The van der Waals surface area contributed by atoms with E-state index in [9.17, 15) is 14.4 Å². The van der Waals surface area contributed by atoms with Gasteiger partial charge in [-0.25, -0.2) is 4.68 Å². The predicted octanol–water partition coefficient (Wildman–Crippen LogP) is 0.752. The van der Waals surface area contributed by atoms with Crippen LogP contribution in [0.25, 0.3) is 5.69 Å². The average Bonchev–Trinajstić information content (AvgIpc) is 3.44. The van der Waals surface area contributed by atoms with Crippen molar-refractivity contribution in [3.8, 4) is 11.4 Å². The number of aryl methyl sites for hydroxylation is 1. The maximum atomic E-state index is 12.9. The van der Waals surface area contributed by atoms with Crippen LogP contribution in [0.2, 0.25) is 0 Å². The second-order valence-corrected chi connectivity index (χ2v) is 7.65. The minimum Gasteiger partial charge on any atom is -0.494 e. The number of benzene rings is 1. The fourth-order valence-electron chi connectivity index (χ4n) is 3.44. The van der Waals surface area contributed by atoms with E-state index in [1.165, 1.54) is 4.90 Å². The van der Waals surface area contributed by atoms with Crippen molar-refractivity contribution in [3.63, 3.8) is 0 Å². The van der Waals surface area contributed by atoms with Crippen LogP contribution in [0.4, 0.5) is 0 Å². The molecule has 0 spiro atoms. The van der Waals surface area contributed by atoms with E-state index >= 15 is 0 Å². The highest BCUT2D eigenvalue weighted by Gasteiger charge is 2.32. The zero-order valence-electron chi connectivity index (χ0n) is 17.1.